The molecule has 0 aliphatic carbocycles. The van der Waals surface area contributed by atoms with Crippen LogP contribution in [-0.2, 0) is 19.4 Å². The zero-order valence-corrected chi connectivity index (χ0v) is 15.0. The summed E-state index contributed by atoms with van der Waals surface area (Å²) in [5.41, 5.74) is 4.01. The molecule has 0 bridgehead atoms. The van der Waals surface area contributed by atoms with Gasteiger partial charge in [0.25, 0.3) is 0 Å². The summed E-state index contributed by atoms with van der Waals surface area (Å²) in [7, 11) is 4.28. The van der Waals surface area contributed by atoms with Crippen molar-refractivity contribution in [1.29, 1.82) is 0 Å². The lowest BCUT2D eigenvalue weighted by atomic mass is 10.0. The zero-order valence-electron chi connectivity index (χ0n) is 15.0. The highest BCUT2D eigenvalue weighted by atomic mass is 15.1. The lowest BCUT2D eigenvalue weighted by Gasteiger charge is -2.09. The predicted molar refractivity (Wildman–Crippen MR) is 100 cm³/mol. The lowest BCUT2D eigenvalue weighted by Crippen LogP contribution is -2.12. The topological polar surface area (TPSA) is 36.9 Å². The number of aromatic amines is 1. The number of aromatic nitrogens is 3. The maximum atomic E-state index is 4.42. The first-order valence-corrected chi connectivity index (χ1v) is 8.91. The lowest BCUT2D eigenvalue weighted by molar-refractivity contribution is 0.394. The first-order valence-electron chi connectivity index (χ1n) is 8.91. The fraction of sp³-hybridized carbons (Fsp3) is 0.450. The molecule has 2 aromatic heterocycles. The number of H-pyrrole nitrogens is 1. The van der Waals surface area contributed by atoms with E-state index in [-0.39, 0.29) is 0 Å². The molecule has 0 saturated carbocycles. The van der Waals surface area contributed by atoms with Crippen LogP contribution in [0.15, 0.2) is 36.8 Å². The Kier molecular flexibility index (Phi) is 5.36. The second-order valence-corrected chi connectivity index (χ2v) is 6.78. The third-order valence-corrected chi connectivity index (χ3v) is 4.60. The summed E-state index contributed by atoms with van der Waals surface area (Å²) in [6, 6.07) is 6.76. The van der Waals surface area contributed by atoms with Gasteiger partial charge in [-0.25, -0.2) is 4.98 Å². The molecule has 4 nitrogen and oxygen atoms in total. The smallest absolute Gasteiger partial charge is 0.108 e. The number of nitrogens with one attached hydrogen (secondary N) is 1. The van der Waals surface area contributed by atoms with E-state index < -0.39 is 0 Å². The molecule has 0 atom stereocenters. The second kappa shape index (κ2) is 7.67. The summed E-state index contributed by atoms with van der Waals surface area (Å²) in [6.45, 7) is 4.21. The van der Waals surface area contributed by atoms with Gasteiger partial charge in [0.05, 0.1) is 0 Å². The molecule has 0 spiro atoms. The molecule has 0 fully saturated rings. The van der Waals surface area contributed by atoms with Crippen molar-refractivity contribution in [2.45, 2.75) is 39.2 Å². The van der Waals surface area contributed by atoms with Crippen molar-refractivity contribution in [3.05, 3.63) is 53.7 Å². The van der Waals surface area contributed by atoms with Gasteiger partial charge in [0.1, 0.15) is 5.82 Å². The van der Waals surface area contributed by atoms with Gasteiger partial charge in [-0.1, -0.05) is 13.0 Å². The third kappa shape index (κ3) is 3.88. The Morgan fingerprint density at radius 2 is 2.08 bits per heavy atom. The van der Waals surface area contributed by atoms with Crippen LogP contribution >= 0.6 is 0 Å². The number of fused-ring (bicyclic) bond motifs is 1. The van der Waals surface area contributed by atoms with E-state index in [9.17, 15) is 0 Å². The van der Waals surface area contributed by atoms with E-state index in [1.807, 2.05) is 6.20 Å². The summed E-state index contributed by atoms with van der Waals surface area (Å²) in [6.07, 6.45) is 10.7. The molecule has 3 rings (SSSR count). The first kappa shape index (κ1) is 16.8. The van der Waals surface area contributed by atoms with Gasteiger partial charge in [-0.2, -0.15) is 0 Å². The monoisotopic (exact) mass is 324 g/mol. The Morgan fingerprint density at radius 1 is 1.21 bits per heavy atom. The average Bonchev–Trinajstić information content (AvgIpc) is 3.18. The van der Waals surface area contributed by atoms with Crippen LogP contribution in [0.5, 0.6) is 0 Å². The number of benzene rings is 1. The van der Waals surface area contributed by atoms with E-state index in [1.165, 1.54) is 34.9 Å². The molecule has 1 aromatic carbocycles. The van der Waals surface area contributed by atoms with Crippen LogP contribution in [0.2, 0.25) is 0 Å². The normalized spacial score (nSPS) is 11.7. The predicted octanol–water partition coefficient (Wildman–Crippen LogP) is 3.86. The molecule has 3 aromatic rings. The molecule has 0 saturated heterocycles. The number of hydrogen-bond acceptors (Lipinski definition) is 2. The molecule has 0 amide bonds. The summed E-state index contributed by atoms with van der Waals surface area (Å²) in [5, 5.41) is 1.37. The molecular formula is C20H28N4. The van der Waals surface area contributed by atoms with Crippen LogP contribution in [0.1, 0.15) is 36.7 Å². The molecule has 4 heteroatoms. The first-order chi connectivity index (χ1) is 11.7. The highest BCUT2D eigenvalue weighted by Crippen LogP contribution is 2.22. The van der Waals surface area contributed by atoms with Crippen molar-refractivity contribution in [2.75, 3.05) is 20.6 Å². The van der Waals surface area contributed by atoms with Crippen LogP contribution in [0, 0.1) is 0 Å². The fourth-order valence-electron chi connectivity index (χ4n) is 3.27. The van der Waals surface area contributed by atoms with E-state index in [0.717, 1.165) is 31.8 Å². The van der Waals surface area contributed by atoms with E-state index in [0.29, 0.717) is 0 Å². The van der Waals surface area contributed by atoms with Crippen molar-refractivity contribution in [3.63, 3.8) is 0 Å². The molecule has 24 heavy (non-hydrogen) atoms. The van der Waals surface area contributed by atoms with Gasteiger partial charge in [-0.3, -0.25) is 0 Å². The molecule has 2 heterocycles. The van der Waals surface area contributed by atoms with Crippen LogP contribution in [0.3, 0.4) is 0 Å². The molecule has 128 valence electrons. The maximum Gasteiger partial charge on any atom is 0.108 e. The van der Waals surface area contributed by atoms with Gasteiger partial charge in [0, 0.05) is 42.5 Å². The van der Waals surface area contributed by atoms with E-state index in [2.05, 4.69) is 71.0 Å². The zero-order chi connectivity index (χ0) is 16.9. The molecular weight excluding hydrogens is 296 g/mol. The van der Waals surface area contributed by atoms with E-state index >= 15 is 0 Å². The minimum absolute atomic E-state index is 0.893. The highest BCUT2D eigenvalue weighted by molar-refractivity contribution is 5.83. The minimum Gasteiger partial charge on any atom is -0.361 e. The summed E-state index contributed by atoms with van der Waals surface area (Å²) in [5.74, 6) is 1.15. The number of hydrogen-bond donors (Lipinski definition) is 1. The maximum absolute atomic E-state index is 4.42. The molecule has 1 N–H and O–H groups in total. The Bertz CT molecular complexity index is 782. The van der Waals surface area contributed by atoms with E-state index in [4.69, 9.17) is 0 Å². The van der Waals surface area contributed by atoms with Crippen molar-refractivity contribution >= 4 is 10.9 Å². The van der Waals surface area contributed by atoms with Crippen LogP contribution in [0.4, 0.5) is 0 Å². The molecule has 0 aliphatic rings. The molecule has 0 unspecified atom stereocenters. The summed E-state index contributed by atoms with van der Waals surface area (Å²) >= 11 is 0. The van der Waals surface area contributed by atoms with Crippen LogP contribution < -0.4 is 0 Å². The standard InChI is InChI=1S/C20H28N4/c1-4-20-21-10-12-24(20)15-16-8-9-19-18(13-16)17(14-22-19)7-5-6-11-23(2)3/h8-10,12-14,22H,4-7,11,15H2,1-3H3. The van der Waals surface area contributed by atoms with Gasteiger partial charge in [0.2, 0.25) is 0 Å². The average molecular weight is 324 g/mol. The Labute approximate surface area is 144 Å². The van der Waals surface area contributed by atoms with Gasteiger partial charge in [-0.15, -0.1) is 0 Å². The van der Waals surface area contributed by atoms with Crippen LogP contribution in [0.25, 0.3) is 10.9 Å². The van der Waals surface area contributed by atoms with Crippen molar-refractivity contribution < 1.29 is 0 Å². The highest BCUT2D eigenvalue weighted by Gasteiger charge is 2.07. The summed E-state index contributed by atoms with van der Waals surface area (Å²) in [4.78, 5) is 10.1. The number of nitrogens with zero attached hydrogens (tertiary/aromatic N) is 3. The van der Waals surface area contributed by atoms with Gasteiger partial charge >= 0.3 is 0 Å². The molecule has 0 radical (unpaired) electrons. The minimum atomic E-state index is 0.893. The van der Waals surface area contributed by atoms with Gasteiger partial charge < -0.3 is 14.5 Å². The SMILES string of the molecule is CCc1nccn1Cc1ccc2[nH]cc(CCCCN(C)C)c2c1. The largest absolute Gasteiger partial charge is 0.361 e. The van der Waals surface area contributed by atoms with Crippen molar-refractivity contribution in [1.82, 2.24) is 19.4 Å². The van der Waals surface area contributed by atoms with Crippen LogP contribution in [-0.4, -0.2) is 40.1 Å². The van der Waals surface area contributed by atoms with Gasteiger partial charge in [0.15, 0.2) is 0 Å². The van der Waals surface area contributed by atoms with Crippen molar-refractivity contribution in [2.24, 2.45) is 0 Å². The quantitative estimate of drug-likeness (QED) is 0.639. The number of rotatable bonds is 8. The summed E-state index contributed by atoms with van der Waals surface area (Å²) < 4.78 is 2.24. The second-order valence-electron chi connectivity index (χ2n) is 6.78. The Hall–Kier alpha value is -2.07. The number of aryl methyl sites for hydroxylation is 2. The van der Waals surface area contributed by atoms with Gasteiger partial charge in [-0.05, 0) is 63.2 Å². The number of unbranched alkanes of at least 4 members (excludes halogenated alkanes) is 1. The Balaban J connectivity index is 1.73. The third-order valence-electron chi connectivity index (χ3n) is 4.60. The van der Waals surface area contributed by atoms with E-state index in [1.54, 1.807) is 0 Å². The molecule has 0 aliphatic heterocycles. The number of imidazole rings is 1. The fourth-order valence-corrected chi connectivity index (χ4v) is 3.27. The van der Waals surface area contributed by atoms with Crippen molar-refractivity contribution in [3.8, 4) is 0 Å². The Morgan fingerprint density at radius 3 is 2.88 bits per heavy atom.